The molecule has 0 unspecified atom stereocenters. The standard InChI is InChI=1S/C7H11NO4/c9-6(10)5-3-7(4-8-5)11-1-2-12-7/h5,8H,1-4H2,(H,9,10)/t5-/m0/s1. The molecule has 1 atom stereocenters. The lowest BCUT2D eigenvalue weighted by Crippen LogP contribution is -2.32. The van der Waals surface area contributed by atoms with E-state index in [0.717, 1.165) is 0 Å². The van der Waals surface area contributed by atoms with Crippen molar-refractivity contribution in [1.82, 2.24) is 5.32 Å². The summed E-state index contributed by atoms with van der Waals surface area (Å²) in [5.41, 5.74) is 0. The maximum Gasteiger partial charge on any atom is 0.320 e. The number of nitrogens with one attached hydrogen (secondary N) is 1. The first-order chi connectivity index (χ1) is 5.72. The third-order valence-electron chi connectivity index (χ3n) is 2.24. The number of carboxylic acid groups (broad SMARTS) is 1. The van der Waals surface area contributed by atoms with E-state index >= 15 is 0 Å². The van der Waals surface area contributed by atoms with Gasteiger partial charge in [0.15, 0.2) is 5.79 Å². The van der Waals surface area contributed by atoms with Gasteiger partial charge in [0.25, 0.3) is 0 Å². The molecule has 2 heterocycles. The van der Waals surface area contributed by atoms with Crippen molar-refractivity contribution in [3.63, 3.8) is 0 Å². The Morgan fingerprint density at radius 2 is 2.17 bits per heavy atom. The number of rotatable bonds is 1. The smallest absolute Gasteiger partial charge is 0.320 e. The van der Waals surface area contributed by atoms with Crippen LogP contribution in [0.3, 0.4) is 0 Å². The summed E-state index contributed by atoms with van der Waals surface area (Å²) in [4.78, 5) is 10.6. The van der Waals surface area contributed by atoms with Gasteiger partial charge in [0.2, 0.25) is 0 Å². The van der Waals surface area contributed by atoms with Crippen molar-refractivity contribution < 1.29 is 19.4 Å². The highest BCUT2D eigenvalue weighted by Gasteiger charge is 2.46. The quantitative estimate of drug-likeness (QED) is 0.542. The Hall–Kier alpha value is -0.650. The molecule has 2 rings (SSSR count). The van der Waals surface area contributed by atoms with Crippen LogP contribution in [0.1, 0.15) is 6.42 Å². The predicted octanol–water partition coefficient (Wildman–Crippen LogP) is -0.824. The Bertz CT molecular complexity index is 200. The van der Waals surface area contributed by atoms with Crippen LogP contribution in [0.2, 0.25) is 0 Å². The molecule has 2 fully saturated rings. The van der Waals surface area contributed by atoms with Crippen LogP contribution in [0.4, 0.5) is 0 Å². The van der Waals surface area contributed by atoms with Gasteiger partial charge in [-0.25, -0.2) is 0 Å². The predicted molar refractivity (Wildman–Crippen MR) is 38.7 cm³/mol. The summed E-state index contributed by atoms with van der Waals surface area (Å²) in [6.45, 7) is 1.60. The average molecular weight is 173 g/mol. The van der Waals surface area contributed by atoms with Crippen LogP contribution in [-0.4, -0.2) is 42.7 Å². The second-order valence-corrected chi connectivity index (χ2v) is 3.08. The van der Waals surface area contributed by atoms with Crippen molar-refractivity contribution in [2.24, 2.45) is 0 Å². The van der Waals surface area contributed by atoms with E-state index in [9.17, 15) is 4.79 Å². The fourth-order valence-corrected chi connectivity index (χ4v) is 1.63. The minimum absolute atomic E-state index is 0.405. The van der Waals surface area contributed by atoms with Gasteiger partial charge in [-0.15, -0.1) is 0 Å². The molecule has 0 aliphatic carbocycles. The van der Waals surface area contributed by atoms with Gasteiger partial charge in [0.1, 0.15) is 6.04 Å². The maximum absolute atomic E-state index is 10.6. The molecule has 2 saturated heterocycles. The van der Waals surface area contributed by atoms with Gasteiger partial charge in [-0.2, -0.15) is 0 Å². The first-order valence-electron chi connectivity index (χ1n) is 3.96. The van der Waals surface area contributed by atoms with Crippen LogP contribution >= 0.6 is 0 Å². The molecule has 2 N–H and O–H groups in total. The van der Waals surface area contributed by atoms with E-state index < -0.39 is 17.8 Å². The molecule has 2 aliphatic rings. The van der Waals surface area contributed by atoms with E-state index in [4.69, 9.17) is 14.6 Å². The topological polar surface area (TPSA) is 67.8 Å². The van der Waals surface area contributed by atoms with Crippen molar-refractivity contribution in [3.8, 4) is 0 Å². The molecule has 0 aromatic heterocycles. The molecular formula is C7H11NO4. The number of hydrogen-bond acceptors (Lipinski definition) is 4. The SMILES string of the molecule is O=C(O)[C@@H]1CC2(CN1)OCCO2. The second-order valence-electron chi connectivity index (χ2n) is 3.08. The Morgan fingerprint density at radius 3 is 2.67 bits per heavy atom. The highest BCUT2D eigenvalue weighted by atomic mass is 16.7. The van der Waals surface area contributed by atoms with Crippen LogP contribution in [0.15, 0.2) is 0 Å². The molecule has 2 aliphatic heterocycles. The number of carboxylic acids is 1. The molecule has 0 aromatic carbocycles. The van der Waals surface area contributed by atoms with Crippen molar-refractivity contribution in [2.75, 3.05) is 19.8 Å². The van der Waals surface area contributed by atoms with Crippen LogP contribution < -0.4 is 5.32 Å². The monoisotopic (exact) mass is 173 g/mol. The molecule has 0 bridgehead atoms. The van der Waals surface area contributed by atoms with Crippen molar-refractivity contribution in [1.29, 1.82) is 0 Å². The van der Waals surface area contributed by atoms with Gasteiger partial charge in [-0.3, -0.25) is 10.1 Å². The van der Waals surface area contributed by atoms with Gasteiger partial charge in [-0.1, -0.05) is 0 Å². The Labute approximate surface area is 69.6 Å². The molecule has 0 amide bonds. The molecule has 0 radical (unpaired) electrons. The summed E-state index contributed by atoms with van der Waals surface area (Å²) in [6.07, 6.45) is 0.405. The van der Waals surface area contributed by atoms with E-state index in [1.165, 1.54) is 0 Å². The van der Waals surface area contributed by atoms with Crippen LogP contribution in [0.25, 0.3) is 0 Å². The summed E-state index contributed by atoms with van der Waals surface area (Å²) >= 11 is 0. The molecule has 0 saturated carbocycles. The van der Waals surface area contributed by atoms with E-state index in [2.05, 4.69) is 5.32 Å². The van der Waals surface area contributed by atoms with Gasteiger partial charge >= 0.3 is 5.97 Å². The van der Waals surface area contributed by atoms with Gasteiger partial charge in [0, 0.05) is 6.42 Å². The molecule has 5 heteroatoms. The number of ether oxygens (including phenoxy) is 2. The molecule has 12 heavy (non-hydrogen) atoms. The van der Waals surface area contributed by atoms with Gasteiger partial charge in [0.05, 0.1) is 19.8 Å². The average Bonchev–Trinajstić information content (AvgIpc) is 2.62. The summed E-state index contributed by atoms with van der Waals surface area (Å²) < 4.78 is 10.7. The van der Waals surface area contributed by atoms with Gasteiger partial charge in [-0.05, 0) is 0 Å². The zero-order chi connectivity index (χ0) is 8.60. The Morgan fingerprint density at radius 1 is 1.50 bits per heavy atom. The van der Waals surface area contributed by atoms with Crippen LogP contribution in [-0.2, 0) is 14.3 Å². The van der Waals surface area contributed by atoms with E-state index in [1.54, 1.807) is 0 Å². The van der Waals surface area contributed by atoms with Crippen molar-refractivity contribution in [3.05, 3.63) is 0 Å². The van der Waals surface area contributed by atoms with Crippen LogP contribution in [0, 0.1) is 0 Å². The number of hydrogen-bond donors (Lipinski definition) is 2. The molecule has 1 spiro atoms. The minimum atomic E-state index is -0.842. The third kappa shape index (κ3) is 1.20. The van der Waals surface area contributed by atoms with Crippen LogP contribution in [0.5, 0.6) is 0 Å². The first-order valence-corrected chi connectivity index (χ1v) is 3.96. The fourth-order valence-electron chi connectivity index (χ4n) is 1.63. The third-order valence-corrected chi connectivity index (χ3v) is 2.24. The normalized spacial score (nSPS) is 32.8. The molecular weight excluding hydrogens is 162 g/mol. The lowest BCUT2D eigenvalue weighted by Gasteiger charge is -2.19. The lowest BCUT2D eigenvalue weighted by molar-refractivity contribution is -0.150. The zero-order valence-corrected chi connectivity index (χ0v) is 6.58. The number of carbonyl (C=O) groups is 1. The summed E-state index contributed by atoms with van der Waals surface area (Å²) in [5.74, 6) is -1.49. The first kappa shape index (κ1) is 7.97. The van der Waals surface area contributed by atoms with Crippen molar-refractivity contribution >= 4 is 5.97 Å². The summed E-state index contributed by atoms with van der Waals surface area (Å²) in [6, 6.07) is -0.525. The van der Waals surface area contributed by atoms with Crippen molar-refractivity contribution in [2.45, 2.75) is 18.2 Å². The molecule has 68 valence electrons. The lowest BCUT2D eigenvalue weighted by atomic mass is 10.1. The Kier molecular flexibility index (Phi) is 1.79. The largest absolute Gasteiger partial charge is 0.480 e. The fraction of sp³-hybridized carbons (Fsp3) is 0.857. The van der Waals surface area contributed by atoms with E-state index in [1.807, 2.05) is 0 Å². The molecule has 5 nitrogen and oxygen atoms in total. The number of aliphatic carboxylic acids is 1. The summed E-state index contributed by atoms with van der Waals surface area (Å²) in [7, 11) is 0. The highest BCUT2D eigenvalue weighted by Crippen LogP contribution is 2.28. The molecule has 0 aromatic rings. The summed E-state index contributed by atoms with van der Waals surface area (Å²) in [5, 5.41) is 11.5. The van der Waals surface area contributed by atoms with Gasteiger partial charge < -0.3 is 14.6 Å². The Balaban J connectivity index is 2.01. The minimum Gasteiger partial charge on any atom is -0.480 e. The second kappa shape index (κ2) is 2.69. The van der Waals surface area contributed by atoms with E-state index in [0.29, 0.717) is 26.2 Å². The van der Waals surface area contributed by atoms with E-state index in [-0.39, 0.29) is 0 Å². The zero-order valence-electron chi connectivity index (χ0n) is 6.58. The maximum atomic E-state index is 10.6. The highest BCUT2D eigenvalue weighted by molar-refractivity contribution is 5.74.